The lowest BCUT2D eigenvalue weighted by Gasteiger charge is -2.33. The molecule has 35 heavy (non-hydrogen) atoms. The molecule has 2 aromatic heterocycles. The summed E-state index contributed by atoms with van der Waals surface area (Å²) in [4.78, 5) is 48.8. The highest BCUT2D eigenvalue weighted by molar-refractivity contribution is 6.32. The van der Waals surface area contributed by atoms with Crippen LogP contribution in [0.5, 0.6) is 5.75 Å². The van der Waals surface area contributed by atoms with E-state index in [1.54, 1.807) is 30.1 Å². The Labute approximate surface area is 206 Å². The van der Waals surface area contributed by atoms with E-state index in [1.807, 2.05) is 17.9 Å². The molecule has 12 heteroatoms. The van der Waals surface area contributed by atoms with Gasteiger partial charge in [0.1, 0.15) is 5.02 Å². The summed E-state index contributed by atoms with van der Waals surface area (Å²) in [7, 11) is 3.13. The second-order valence-electron chi connectivity index (χ2n) is 7.99. The van der Waals surface area contributed by atoms with E-state index in [0.717, 1.165) is 5.39 Å². The van der Waals surface area contributed by atoms with Gasteiger partial charge >= 0.3 is 0 Å². The Morgan fingerprint density at radius 2 is 2.03 bits per heavy atom. The standard InChI is InChI=1S/C23H26ClN7O4/c1-4-30-7-8-31(12-20(30)33)23-26-11-16(24)21(28-23)27-15-5-6-17-14(9-15)10-18(22(34)29(17)3)35-13-19(32)25-2/h5-6,9-11H,4,7-8,12-13H2,1-3H3,(H,25,32)(H,26,27,28). The molecule has 1 aliphatic heterocycles. The van der Waals surface area contributed by atoms with Crippen LogP contribution in [0.15, 0.2) is 35.3 Å². The average Bonchev–Trinajstić information content (AvgIpc) is 2.86. The number of nitrogens with zero attached hydrogens (tertiary/aromatic N) is 5. The van der Waals surface area contributed by atoms with Gasteiger partial charge in [-0.3, -0.25) is 14.4 Å². The lowest BCUT2D eigenvalue weighted by molar-refractivity contribution is -0.130. The number of ether oxygens (including phenoxy) is 1. The number of hydrogen-bond acceptors (Lipinski definition) is 8. The minimum Gasteiger partial charge on any atom is -0.478 e. The molecule has 184 valence electrons. The third-order valence-corrected chi connectivity index (χ3v) is 6.08. The zero-order valence-corrected chi connectivity index (χ0v) is 20.4. The molecule has 1 aliphatic rings. The summed E-state index contributed by atoms with van der Waals surface area (Å²) in [5.41, 5.74) is 1.02. The summed E-state index contributed by atoms with van der Waals surface area (Å²) >= 11 is 6.35. The maximum Gasteiger partial charge on any atom is 0.293 e. The first-order chi connectivity index (χ1) is 16.8. The molecule has 2 amide bonds. The molecular weight excluding hydrogens is 474 g/mol. The third kappa shape index (κ3) is 5.14. The number of nitrogens with one attached hydrogen (secondary N) is 2. The molecule has 3 heterocycles. The van der Waals surface area contributed by atoms with Gasteiger partial charge in [0.25, 0.3) is 11.5 Å². The number of piperazine rings is 1. The van der Waals surface area contributed by atoms with Gasteiger partial charge in [0, 0.05) is 44.8 Å². The number of halogens is 1. The topological polar surface area (TPSA) is 122 Å². The Morgan fingerprint density at radius 3 is 2.74 bits per heavy atom. The summed E-state index contributed by atoms with van der Waals surface area (Å²) in [6.07, 6.45) is 1.50. The molecule has 4 rings (SSSR count). The Balaban J connectivity index is 1.60. The number of fused-ring (bicyclic) bond motifs is 1. The monoisotopic (exact) mass is 499 g/mol. The Hall–Kier alpha value is -3.86. The molecule has 0 atom stereocenters. The van der Waals surface area contributed by atoms with E-state index in [1.165, 1.54) is 17.8 Å². The number of aryl methyl sites for hydroxylation is 1. The highest BCUT2D eigenvalue weighted by Crippen LogP contribution is 2.28. The highest BCUT2D eigenvalue weighted by atomic mass is 35.5. The van der Waals surface area contributed by atoms with Crippen LogP contribution in [0.3, 0.4) is 0 Å². The summed E-state index contributed by atoms with van der Waals surface area (Å²) in [5, 5.41) is 6.68. The first-order valence-corrected chi connectivity index (χ1v) is 11.5. The van der Waals surface area contributed by atoms with Crippen molar-refractivity contribution in [3.63, 3.8) is 0 Å². The molecular formula is C23H26ClN7O4. The lowest BCUT2D eigenvalue weighted by atomic mass is 10.2. The number of aromatic nitrogens is 3. The van der Waals surface area contributed by atoms with Gasteiger partial charge in [0.2, 0.25) is 11.9 Å². The molecule has 1 aromatic carbocycles. The molecule has 0 saturated carbocycles. The van der Waals surface area contributed by atoms with E-state index in [4.69, 9.17) is 16.3 Å². The number of benzene rings is 1. The predicted molar refractivity (Wildman–Crippen MR) is 134 cm³/mol. The molecule has 0 unspecified atom stereocenters. The summed E-state index contributed by atoms with van der Waals surface area (Å²) in [6, 6.07) is 7.01. The van der Waals surface area contributed by atoms with Crippen LogP contribution >= 0.6 is 11.6 Å². The summed E-state index contributed by atoms with van der Waals surface area (Å²) in [5.74, 6) is 0.561. The number of carbonyl (C=O) groups is 2. The number of amides is 2. The van der Waals surface area contributed by atoms with Crippen LogP contribution in [-0.4, -0.2) is 71.1 Å². The molecule has 11 nitrogen and oxygen atoms in total. The molecule has 0 spiro atoms. The first-order valence-electron chi connectivity index (χ1n) is 11.1. The van der Waals surface area contributed by atoms with Crippen LogP contribution in [0.25, 0.3) is 10.9 Å². The number of carbonyl (C=O) groups excluding carboxylic acids is 2. The first kappa shape index (κ1) is 24.3. The summed E-state index contributed by atoms with van der Waals surface area (Å²) in [6.45, 7) is 3.81. The van der Waals surface area contributed by atoms with E-state index >= 15 is 0 Å². The van der Waals surface area contributed by atoms with Crippen molar-refractivity contribution >= 4 is 51.8 Å². The van der Waals surface area contributed by atoms with Gasteiger partial charge in [0.05, 0.1) is 18.3 Å². The van der Waals surface area contributed by atoms with Crippen LogP contribution in [0.1, 0.15) is 6.92 Å². The fraction of sp³-hybridized carbons (Fsp3) is 0.348. The van der Waals surface area contributed by atoms with Crippen molar-refractivity contribution in [1.29, 1.82) is 0 Å². The minimum absolute atomic E-state index is 0.0291. The molecule has 0 aliphatic carbocycles. The third-order valence-electron chi connectivity index (χ3n) is 5.81. The second-order valence-corrected chi connectivity index (χ2v) is 8.40. The van der Waals surface area contributed by atoms with Crippen molar-refractivity contribution in [2.24, 2.45) is 7.05 Å². The van der Waals surface area contributed by atoms with Gasteiger partial charge in [-0.1, -0.05) is 11.6 Å². The predicted octanol–water partition coefficient (Wildman–Crippen LogP) is 1.52. The van der Waals surface area contributed by atoms with Crippen LogP contribution in [0, 0.1) is 0 Å². The van der Waals surface area contributed by atoms with Crippen molar-refractivity contribution in [2.45, 2.75) is 6.92 Å². The number of pyridine rings is 1. The fourth-order valence-corrected chi connectivity index (χ4v) is 3.94. The highest BCUT2D eigenvalue weighted by Gasteiger charge is 2.25. The maximum absolute atomic E-state index is 12.6. The maximum atomic E-state index is 12.6. The van der Waals surface area contributed by atoms with Crippen molar-refractivity contribution in [2.75, 3.05) is 50.1 Å². The smallest absolute Gasteiger partial charge is 0.293 e. The van der Waals surface area contributed by atoms with Crippen molar-refractivity contribution in [3.8, 4) is 5.75 Å². The van der Waals surface area contributed by atoms with Crippen LogP contribution in [0.2, 0.25) is 5.02 Å². The molecule has 2 N–H and O–H groups in total. The zero-order valence-electron chi connectivity index (χ0n) is 19.7. The van der Waals surface area contributed by atoms with Crippen LogP contribution in [0.4, 0.5) is 17.5 Å². The normalized spacial score (nSPS) is 13.8. The van der Waals surface area contributed by atoms with Crippen molar-refractivity contribution in [1.82, 2.24) is 24.8 Å². The van der Waals surface area contributed by atoms with Gasteiger partial charge in [0.15, 0.2) is 18.2 Å². The largest absolute Gasteiger partial charge is 0.478 e. The number of hydrogen-bond donors (Lipinski definition) is 2. The minimum atomic E-state index is -0.344. The van der Waals surface area contributed by atoms with Gasteiger partial charge in [-0.2, -0.15) is 4.98 Å². The summed E-state index contributed by atoms with van der Waals surface area (Å²) < 4.78 is 6.88. The van der Waals surface area contributed by atoms with E-state index in [2.05, 4.69) is 20.6 Å². The van der Waals surface area contributed by atoms with E-state index in [9.17, 15) is 14.4 Å². The van der Waals surface area contributed by atoms with Crippen molar-refractivity contribution < 1.29 is 14.3 Å². The van der Waals surface area contributed by atoms with Gasteiger partial charge in [-0.05, 0) is 31.2 Å². The average molecular weight is 500 g/mol. The fourth-order valence-electron chi connectivity index (χ4n) is 3.80. The number of likely N-dealkylation sites (N-methyl/N-ethyl adjacent to an activating group) is 2. The molecule has 0 bridgehead atoms. The second kappa shape index (κ2) is 10.2. The van der Waals surface area contributed by atoms with Crippen LogP contribution < -0.4 is 25.8 Å². The van der Waals surface area contributed by atoms with Crippen molar-refractivity contribution in [3.05, 3.63) is 45.8 Å². The number of anilines is 3. The lowest BCUT2D eigenvalue weighted by Crippen LogP contribution is -2.50. The SMILES string of the molecule is CCN1CCN(c2ncc(Cl)c(Nc3ccc4c(c3)cc(OCC(=O)NC)c(=O)n4C)n2)CC1=O. The van der Waals surface area contributed by atoms with E-state index < -0.39 is 0 Å². The molecule has 1 saturated heterocycles. The van der Waals surface area contributed by atoms with Gasteiger partial charge in [-0.25, -0.2) is 4.98 Å². The van der Waals surface area contributed by atoms with E-state index in [0.29, 0.717) is 47.6 Å². The molecule has 0 radical (unpaired) electrons. The van der Waals surface area contributed by atoms with Crippen LogP contribution in [-0.2, 0) is 16.6 Å². The molecule has 3 aromatic rings. The Bertz CT molecular complexity index is 1340. The Kier molecular flexibility index (Phi) is 7.06. The van der Waals surface area contributed by atoms with E-state index in [-0.39, 0.29) is 36.3 Å². The Morgan fingerprint density at radius 1 is 1.23 bits per heavy atom. The van der Waals surface area contributed by atoms with Gasteiger partial charge in [-0.15, -0.1) is 0 Å². The molecule has 1 fully saturated rings. The number of rotatable bonds is 7. The quantitative estimate of drug-likeness (QED) is 0.502. The van der Waals surface area contributed by atoms with Gasteiger partial charge < -0.3 is 29.7 Å². The zero-order chi connectivity index (χ0) is 25.1.